The smallest absolute Gasteiger partial charge is 0.0703 e. The van der Waals surface area contributed by atoms with Crippen LogP contribution in [0.3, 0.4) is 0 Å². The summed E-state index contributed by atoms with van der Waals surface area (Å²) >= 11 is 0. The molecule has 0 aliphatic rings. The lowest BCUT2D eigenvalue weighted by molar-refractivity contribution is 1.21. The van der Waals surface area contributed by atoms with Gasteiger partial charge in [-0.05, 0) is 36.4 Å². The van der Waals surface area contributed by atoms with E-state index in [4.69, 9.17) is 0 Å². The van der Waals surface area contributed by atoms with Gasteiger partial charge in [0.1, 0.15) is 0 Å². The maximum atomic E-state index is 4.34. The molecule has 0 atom stereocenters. The highest BCUT2D eigenvalue weighted by Gasteiger charge is 2.04. The van der Waals surface area contributed by atoms with Crippen LogP contribution in [0.25, 0.3) is 10.9 Å². The molecule has 0 saturated carbocycles. The molecule has 2 heteroatoms. The summed E-state index contributed by atoms with van der Waals surface area (Å²) in [6.07, 6.45) is 1.82. The number of hydrogen-bond acceptors (Lipinski definition) is 2. The van der Waals surface area contributed by atoms with Crippen molar-refractivity contribution in [3.63, 3.8) is 0 Å². The van der Waals surface area contributed by atoms with Crippen molar-refractivity contribution in [3.8, 4) is 0 Å². The Hall–Kier alpha value is -2.35. The first kappa shape index (κ1) is 10.8. The van der Waals surface area contributed by atoms with Crippen LogP contribution in [0.15, 0.2) is 66.9 Å². The lowest BCUT2D eigenvalue weighted by Gasteiger charge is -2.19. The van der Waals surface area contributed by atoms with Crippen molar-refractivity contribution in [2.45, 2.75) is 0 Å². The first-order valence-corrected chi connectivity index (χ1v) is 5.98. The van der Waals surface area contributed by atoms with Gasteiger partial charge < -0.3 is 4.90 Å². The average molecular weight is 234 g/mol. The number of nitrogens with zero attached hydrogens (tertiary/aromatic N) is 2. The highest BCUT2D eigenvalue weighted by Crippen LogP contribution is 2.25. The normalized spacial score (nSPS) is 10.5. The van der Waals surface area contributed by atoms with Crippen molar-refractivity contribution < 1.29 is 0 Å². The van der Waals surface area contributed by atoms with Crippen LogP contribution in [0.2, 0.25) is 0 Å². The number of benzene rings is 2. The molecule has 0 radical (unpaired) electrons. The van der Waals surface area contributed by atoms with E-state index < -0.39 is 0 Å². The molecule has 0 aliphatic heterocycles. The molecule has 18 heavy (non-hydrogen) atoms. The van der Waals surface area contributed by atoms with Gasteiger partial charge in [-0.15, -0.1) is 0 Å². The first-order chi connectivity index (χ1) is 8.84. The number of para-hydroxylation sites is 1. The molecular formula is C16H14N2. The minimum absolute atomic E-state index is 1.03. The highest BCUT2D eigenvalue weighted by molar-refractivity contribution is 5.83. The summed E-state index contributed by atoms with van der Waals surface area (Å²) in [7, 11) is 2.08. The Kier molecular flexibility index (Phi) is 2.69. The zero-order valence-electron chi connectivity index (χ0n) is 10.2. The summed E-state index contributed by atoms with van der Waals surface area (Å²) in [6.45, 7) is 0. The molecule has 0 saturated heterocycles. The Morgan fingerprint density at radius 1 is 0.833 bits per heavy atom. The molecule has 0 N–H and O–H groups in total. The van der Waals surface area contributed by atoms with Gasteiger partial charge in [0.2, 0.25) is 0 Å². The molecule has 2 aromatic carbocycles. The van der Waals surface area contributed by atoms with Gasteiger partial charge in [-0.1, -0.05) is 24.3 Å². The first-order valence-electron chi connectivity index (χ1n) is 5.98. The van der Waals surface area contributed by atoms with Crippen LogP contribution in [-0.4, -0.2) is 12.0 Å². The fraction of sp³-hybridized carbons (Fsp3) is 0.0625. The van der Waals surface area contributed by atoms with E-state index in [1.165, 1.54) is 11.4 Å². The van der Waals surface area contributed by atoms with Crippen molar-refractivity contribution in [1.82, 2.24) is 4.98 Å². The Morgan fingerprint density at radius 3 is 2.50 bits per heavy atom. The standard InChI is InChI=1S/C16H14N2/c1-18(14-7-3-2-4-8-14)15-9-10-16-13(12-15)6-5-11-17-16/h2-12H,1H3. The fourth-order valence-electron chi connectivity index (χ4n) is 2.07. The highest BCUT2D eigenvalue weighted by atomic mass is 15.1. The van der Waals surface area contributed by atoms with Gasteiger partial charge in [0, 0.05) is 30.0 Å². The van der Waals surface area contributed by atoms with E-state index in [1.807, 2.05) is 18.3 Å². The molecule has 3 rings (SSSR count). The molecular weight excluding hydrogens is 220 g/mol. The van der Waals surface area contributed by atoms with Crippen molar-refractivity contribution in [3.05, 3.63) is 66.9 Å². The summed E-state index contributed by atoms with van der Waals surface area (Å²) < 4.78 is 0. The molecule has 1 heterocycles. The minimum atomic E-state index is 1.03. The van der Waals surface area contributed by atoms with E-state index in [0.717, 1.165) is 10.9 Å². The van der Waals surface area contributed by atoms with Crippen molar-refractivity contribution in [2.75, 3.05) is 11.9 Å². The predicted octanol–water partition coefficient (Wildman–Crippen LogP) is 4.00. The van der Waals surface area contributed by atoms with E-state index in [2.05, 4.69) is 65.5 Å². The Balaban J connectivity index is 2.04. The van der Waals surface area contributed by atoms with E-state index in [0.29, 0.717) is 0 Å². The summed E-state index contributed by atoms with van der Waals surface area (Å²) in [5, 5.41) is 1.16. The van der Waals surface area contributed by atoms with E-state index >= 15 is 0 Å². The van der Waals surface area contributed by atoms with Gasteiger partial charge in [0.05, 0.1) is 5.52 Å². The van der Waals surface area contributed by atoms with E-state index in [1.54, 1.807) is 0 Å². The van der Waals surface area contributed by atoms with Crippen molar-refractivity contribution in [2.24, 2.45) is 0 Å². The third-order valence-electron chi connectivity index (χ3n) is 3.12. The maximum absolute atomic E-state index is 4.34. The van der Waals surface area contributed by atoms with Crippen molar-refractivity contribution in [1.29, 1.82) is 0 Å². The van der Waals surface area contributed by atoms with Gasteiger partial charge in [-0.25, -0.2) is 0 Å². The van der Waals surface area contributed by atoms with Crippen LogP contribution in [0.4, 0.5) is 11.4 Å². The van der Waals surface area contributed by atoms with Gasteiger partial charge in [0.25, 0.3) is 0 Å². The fourth-order valence-corrected chi connectivity index (χ4v) is 2.07. The molecule has 88 valence electrons. The van der Waals surface area contributed by atoms with Crippen LogP contribution in [0, 0.1) is 0 Å². The molecule has 3 aromatic rings. The SMILES string of the molecule is CN(c1ccccc1)c1ccc2ncccc2c1. The second kappa shape index (κ2) is 4.49. The van der Waals surface area contributed by atoms with Gasteiger partial charge in [0.15, 0.2) is 0 Å². The van der Waals surface area contributed by atoms with Crippen LogP contribution in [0.1, 0.15) is 0 Å². The monoisotopic (exact) mass is 234 g/mol. The molecule has 1 aromatic heterocycles. The van der Waals surface area contributed by atoms with Crippen molar-refractivity contribution >= 4 is 22.3 Å². The van der Waals surface area contributed by atoms with Gasteiger partial charge in [-0.2, -0.15) is 0 Å². The second-order valence-electron chi connectivity index (χ2n) is 4.27. The molecule has 2 nitrogen and oxygen atoms in total. The molecule has 0 spiro atoms. The molecule has 0 unspecified atom stereocenters. The lowest BCUT2D eigenvalue weighted by Crippen LogP contribution is -2.08. The number of fused-ring (bicyclic) bond motifs is 1. The summed E-state index contributed by atoms with van der Waals surface area (Å²) in [5.74, 6) is 0. The van der Waals surface area contributed by atoms with E-state index in [9.17, 15) is 0 Å². The second-order valence-corrected chi connectivity index (χ2v) is 4.27. The van der Waals surface area contributed by atoms with Crippen LogP contribution in [0.5, 0.6) is 0 Å². The average Bonchev–Trinajstić information content (AvgIpc) is 2.47. The minimum Gasteiger partial charge on any atom is -0.345 e. The largest absolute Gasteiger partial charge is 0.345 e. The predicted molar refractivity (Wildman–Crippen MR) is 76.2 cm³/mol. The summed E-state index contributed by atoms with van der Waals surface area (Å²) in [4.78, 5) is 6.51. The van der Waals surface area contributed by atoms with Gasteiger partial charge in [-0.3, -0.25) is 4.98 Å². The molecule has 0 amide bonds. The molecule has 0 bridgehead atoms. The third-order valence-corrected chi connectivity index (χ3v) is 3.12. The topological polar surface area (TPSA) is 16.1 Å². The Labute approximate surface area is 107 Å². The molecule has 0 aliphatic carbocycles. The lowest BCUT2D eigenvalue weighted by atomic mass is 10.2. The summed E-state index contributed by atoms with van der Waals surface area (Å²) in [6, 6.07) is 20.7. The number of hydrogen-bond donors (Lipinski definition) is 0. The molecule has 0 fully saturated rings. The Bertz CT molecular complexity index is 662. The Morgan fingerprint density at radius 2 is 1.67 bits per heavy atom. The zero-order chi connectivity index (χ0) is 12.4. The van der Waals surface area contributed by atoms with E-state index in [-0.39, 0.29) is 0 Å². The number of aromatic nitrogens is 1. The number of rotatable bonds is 2. The maximum Gasteiger partial charge on any atom is 0.0703 e. The number of anilines is 2. The van der Waals surface area contributed by atoms with Gasteiger partial charge >= 0.3 is 0 Å². The third kappa shape index (κ3) is 1.93. The van der Waals surface area contributed by atoms with Crippen LogP contribution in [-0.2, 0) is 0 Å². The van der Waals surface area contributed by atoms with Crippen LogP contribution >= 0.6 is 0 Å². The van der Waals surface area contributed by atoms with Crippen LogP contribution < -0.4 is 4.90 Å². The number of pyridine rings is 1. The quantitative estimate of drug-likeness (QED) is 0.666. The zero-order valence-corrected chi connectivity index (χ0v) is 10.2. The summed E-state index contributed by atoms with van der Waals surface area (Å²) in [5.41, 5.74) is 3.38.